The first-order valence-electron chi connectivity index (χ1n) is 47.9. The highest BCUT2D eigenvalue weighted by Gasteiger charge is 2.48. The molecule has 28 nitrogen and oxygen atoms in total. The number of hydrogen-bond acceptors (Lipinski definition) is 19. The molecule has 8 amide bonds. The summed E-state index contributed by atoms with van der Waals surface area (Å²) < 4.78 is 66.9. The molecule has 0 saturated carbocycles. The van der Waals surface area contributed by atoms with Crippen molar-refractivity contribution in [3.63, 3.8) is 0 Å². The van der Waals surface area contributed by atoms with E-state index in [0.29, 0.717) is 141 Å². The van der Waals surface area contributed by atoms with E-state index in [1.807, 2.05) is 159 Å². The highest BCUT2D eigenvalue weighted by Crippen LogP contribution is 2.44. The molecule has 0 unspecified atom stereocenters. The summed E-state index contributed by atoms with van der Waals surface area (Å²) in [4.78, 5) is 154. The van der Waals surface area contributed by atoms with Gasteiger partial charge in [-0.2, -0.15) is 0 Å². The fourth-order valence-corrected chi connectivity index (χ4v) is 18.7. The molecule has 9 aromatic heterocycles. The van der Waals surface area contributed by atoms with Crippen LogP contribution in [0.3, 0.4) is 0 Å². The maximum atomic E-state index is 14.2. The van der Waals surface area contributed by atoms with Gasteiger partial charge in [0.1, 0.15) is 45.1 Å². The lowest BCUT2D eigenvalue weighted by Crippen LogP contribution is -2.65. The number of furan rings is 4. The minimum Gasteiger partial charge on any atom is -0.481 e. The lowest BCUT2D eigenvalue weighted by Gasteiger charge is -2.47. The number of aliphatic carboxylic acids is 1. The maximum absolute atomic E-state index is 14.2. The van der Waals surface area contributed by atoms with Crippen molar-refractivity contribution < 1.29 is 79.1 Å². The van der Waals surface area contributed by atoms with Crippen molar-refractivity contribution >= 4 is 150 Å². The number of fused-ring (bicyclic) bond motifs is 4. The Hall–Kier alpha value is -13.1. The smallest absolute Gasteiger partial charge is 0.307 e. The Balaban J connectivity index is 0.000000154. The molecule has 4 fully saturated rings. The van der Waals surface area contributed by atoms with E-state index in [9.17, 15) is 61.4 Å². The van der Waals surface area contributed by atoms with Crippen molar-refractivity contribution in [2.24, 2.45) is 11.8 Å². The van der Waals surface area contributed by atoms with Crippen LogP contribution >= 0.6 is 46.4 Å². The normalized spacial score (nSPS) is 16.3. The minimum absolute atomic E-state index is 0.0266. The third kappa shape index (κ3) is 23.4. The van der Waals surface area contributed by atoms with E-state index in [0.717, 1.165) is 33.5 Å². The Bertz CT molecular complexity index is 7120. The zero-order valence-corrected chi connectivity index (χ0v) is 88.7. The summed E-state index contributed by atoms with van der Waals surface area (Å²) in [5, 5.41) is 15.9. The van der Waals surface area contributed by atoms with Crippen LogP contribution < -0.4 is 15.5 Å². The number of pyridine rings is 4. The SMILES string of the molecule is CC(C)(C)c1cc(-c2ccc(Cl)c(F)c2)nc2cc(C(=O)N3CCC(=O)NCC3(C)C)oc12.CC(C)(C)c1cc(-c2ccc(Cl)c(F)c2)nc2cc(C(=O)N3CCNC(=O)CC3(C)C)oc12.CC(C)[C@H](CC(=O)N1CCN(C(=O)c2cc3nc(-c4ccc(Cl)cc4)cc(C(C)(C)C)c3o2)C(C)(C)C1)C(=O)O.Cc1cncc(N2CCN(C(=O)c3cc4nc(-c5ccc(Cl)c(F)c5)cc(C(C)(C)C)c4o3)C(C)(C)C2=O)n1. The van der Waals surface area contributed by atoms with Gasteiger partial charge in [0.2, 0.25) is 17.7 Å². The van der Waals surface area contributed by atoms with Crippen LogP contribution in [-0.2, 0) is 45.6 Å². The van der Waals surface area contributed by atoms with Crippen molar-refractivity contribution in [1.29, 1.82) is 0 Å². The summed E-state index contributed by atoms with van der Waals surface area (Å²) in [6.07, 6.45) is 3.54. The molecule has 0 radical (unpaired) electrons. The number of piperazine rings is 2. The molecular weight excluding hydrogens is 1940 g/mol. The van der Waals surface area contributed by atoms with Crippen molar-refractivity contribution in [2.75, 3.05) is 63.8 Å². The number of aromatic nitrogens is 6. The number of carbonyl (C=O) groups is 9. The van der Waals surface area contributed by atoms with E-state index in [1.165, 1.54) is 41.3 Å². The lowest BCUT2D eigenvalue weighted by atomic mass is 9.86. The largest absolute Gasteiger partial charge is 0.481 e. The zero-order valence-electron chi connectivity index (χ0n) is 85.7. The van der Waals surface area contributed by atoms with Crippen LogP contribution in [0.2, 0.25) is 20.1 Å². The molecule has 4 aliphatic heterocycles. The number of anilines is 1. The second-order valence-corrected chi connectivity index (χ2v) is 45.6. The molecular formula is C110H121Cl4F3N14O14. The van der Waals surface area contributed by atoms with Crippen LogP contribution in [0.4, 0.5) is 19.0 Å². The number of aryl methyl sites for hydroxylation is 1. The van der Waals surface area contributed by atoms with E-state index in [4.69, 9.17) is 69.1 Å². The number of nitrogens with one attached hydrogen (secondary N) is 2. The molecule has 17 rings (SSSR count). The Labute approximate surface area is 859 Å². The van der Waals surface area contributed by atoms with Crippen molar-refractivity contribution in [2.45, 2.75) is 222 Å². The number of carboxylic acids is 1. The van der Waals surface area contributed by atoms with Crippen LogP contribution in [0.15, 0.2) is 157 Å². The monoisotopic (exact) mass is 2060 g/mol. The fourth-order valence-electron chi connectivity index (χ4n) is 18.2. The molecule has 145 heavy (non-hydrogen) atoms. The Morgan fingerprint density at radius 1 is 0.441 bits per heavy atom. The number of amides is 8. The van der Waals surface area contributed by atoms with Gasteiger partial charge in [0.05, 0.1) is 66.7 Å². The third-order valence-corrected chi connectivity index (χ3v) is 27.7. The summed E-state index contributed by atoms with van der Waals surface area (Å²) in [6, 6.07) is 35.2. The molecule has 3 N–H and O–H groups in total. The first-order valence-corrected chi connectivity index (χ1v) is 49.4. The van der Waals surface area contributed by atoms with Crippen molar-refractivity contribution in [1.82, 2.24) is 65.0 Å². The summed E-state index contributed by atoms with van der Waals surface area (Å²) in [7, 11) is 0. The molecule has 4 saturated heterocycles. The van der Waals surface area contributed by atoms with E-state index >= 15 is 0 Å². The maximum Gasteiger partial charge on any atom is 0.307 e. The predicted molar refractivity (Wildman–Crippen MR) is 554 cm³/mol. The van der Waals surface area contributed by atoms with Crippen LogP contribution in [0.25, 0.3) is 89.4 Å². The molecule has 13 heterocycles. The molecule has 1 atom stereocenters. The zero-order chi connectivity index (χ0) is 106. The van der Waals surface area contributed by atoms with Gasteiger partial charge in [0, 0.05) is 164 Å². The number of halogens is 7. The minimum atomic E-state index is -1.16. The van der Waals surface area contributed by atoms with Gasteiger partial charge in [-0.25, -0.2) is 38.1 Å². The first-order chi connectivity index (χ1) is 67.6. The number of carbonyl (C=O) groups excluding carboxylic acids is 8. The van der Waals surface area contributed by atoms with Gasteiger partial charge in [0.25, 0.3) is 29.5 Å². The van der Waals surface area contributed by atoms with Crippen molar-refractivity contribution in [3.05, 3.63) is 228 Å². The highest BCUT2D eigenvalue weighted by atomic mass is 35.5. The average molecular weight is 2060 g/mol. The Kier molecular flexibility index (Phi) is 30.5. The number of carboxylic acid groups (broad SMARTS) is 1. The number of hydrogen-bond donors (Lipinski definition) is 3. The summed E-state index contributed by atoms with van der Waals surface area (Å²) in [5.41, 5.74) is 9.02. The number of nitrogens with zero attached hydrogens (tertiary/aromatic N) is 12. The molecule has 13 aromatic rings. The number of benzene rings is 4. The number of rotatable bonds is 13. The Morgan fingerprint density at radius 3 is 1.19 bits per heavy atom. The van der Waals surface area contributed by atoms with Gasteiger partial charge in [-0.15, -0.1) is 0 Å². The lowest BCUT2D eigenvalue weighted by molar-refractivity contribution is -0.148. The van der Waals surface area contributed by atoms with Crippen LogP contribution in [0.1, 0.15) is 242 Å². The average Bonchev–Trinajstić information content (AvgIpc) is 1.26. The highest BCUT2D eigenvalue weighted by molar-refractivity contribution is 6.32. The molecule has 0 aliphatic carbocycles. The molecule has 0 bridgehead atoms. The van der Waals surface area contributed by atoms with Gasteiger partial charge in [0.15, 0.2) is 51.2 Å². The first kappa shape index (κ1) is 108. The predicted octanol–water partition coefficient (Wildman–Crippen LogP) is 22.9. The Morgan fingerprint density at radius 2 is 0.814 bits per heavy atom. The standard InChI is InChI=1S/C31H38ClN3O5.C29H29ClFN5O3.2C25H27ClFN3O3/c1-18(2)21(29(38)39)14-26(36)34-12-13-35(31(6,7)17-34)28(37)25-16-24-27(40-25)22(30(3,4)5)15-23(33-24)19-8-10-20(32)11-9-19;1-16-14-32-15-24(33-16)35-9-10-36(29(5,6)27(35)38)26(37)23-13-22-25(39-23)18(28(2,3)4)12-21(34-22)17-7-8-19(30)20(31)11-17;1-24(2,3)15-11-18(14-6-7-16(26)17(27)10-14)29-19-12-20(33-22(15)19)23(32)30-9-8-28-21(31)13-25(30,4)5;1-24(2,3)15-11-18(14-6-7-16(26)17(27)10-14)29-19-12-20(33-22(15)19)23(32)30-9-8-21(31)28-13-25(30,4)5/h8-11,15-16,18,21H,12-14,17H2,1-7H3,(H,38,39);7-8,11-15H,9-10H2,1-6H3;2*6-7,10-12H,8-9,13H2,1-5H3,(H,28,31)/t21-;;;/m0.../s1. The summed E-state index contributed by atoms with van der Waals surface area (Å²) in [6.45, 7) is 47.6. The van der Waals surface area contributed by atoms with E-state index < -0.39 is 57.4 Å². The van der Waals surface area contributed by atoms with Gasteiger partial charge >= 0.3 is 5.97 Å². The van der Waals surface area contributed by atoms with Crippen LogP contribution in [0.5, 0.6) is 0 Å². The van der Waals surface area contributed by atoms with Crippen LogP contribution in [0, 0.1) is 36.2 Å². The molecule has 35 heteroatoms. The van der Waals surface area contributed by atoms with Crippen molar-refractivity contribution in [3.8, 4) is 45.0 Å². The summed E-state index contributed by atoms with van der Waals surface area (Å²) in [5.74, 6) is -4.35. The quantitative estimate of drug-likeness (QED) is 0.0965. The fraction of sp³-hybridized carbons (Fsp3) is 0.409. The second-order valence-electron chi connectivity index (χ2n) is 44.0. The molecule has 4 aliphatic rings. The molecule has 764 valence electrons. The van der Waals surface area contributed by atoms with E-state index in [2.05, 4.69) is 56.3 Å². The van der Waals surface area contributed by atoms with Gasteiger partial charge in [-0.3, -0.25) is 53.0 Å². The van der Waals surface area contributed by atoms with Gasteiger partial charge in [-0.05, 0) is 163 Å². The van der Waals surface area contributed by atoms with Gasteiger partial charge < -0.3 is 57.9 Å². The van der Waals surface area contributed by atoms with Crippen LogP contribution in [-0.4, -0.2) is 194 Å². The van der Waals surface area contributed by atoms with Gasteiger partial charge in [-0.1, -0.05) is 174 Å². The summed E-state index contributed by atoms with van der Waals surface area (Å²) >= 11 is 23.6. The topological polar surface area (TPSA) is 347 Å². The third-order valence-electron chi connectivity index (χ3n) is 26.5. The molecule has 4 aromatic carbocycles. The van der Waals surface area contributed by atoms with E-state index in [-0.39, 0.29) is 139 Å². The molecule has 0 spiro atoms. The van der Waals surface area contributed by atoms with E-state index in [1.54, 1.807) is 107 Å². The second kappa shape index (κ2) is 41.1.